The van der Waals surface area contributed by atoms with Crippen molar-refractivity contribution in [2.75, 3.05) is 0 Å². The first kappa shape index (κ1) is 15.6. The highest BCUT2D eigenvalue weighted by atomic mass is 35.5. The van der Waals surface area contributed by atoms with Gasteiger partial charge in [-0.2, -0.15) is 5.26 Å². The van der Waals surface area contributed by atoms with E-state index in [-0.39, 0.29) is 22.5 Å². The van der Waals surface area contributed by atoms with Gasteiger partial charge in [0.05, 0.1) is 16.8 Å². The fourth-order valence-corrected chi connectivity index (χ4v) is 3.40. The summed E-state index contributed by atoms with van der Waals surface area (Å²) in [6, 6.07) is 9.27. The van der Waals surface area contributed by atoms with Crippen LogP contribution in [0.25, 0.3) is 0 Å². The van der Waals surface area contributed by atoms with E-state index in [0.29, 0.717) is 34.8 Å². The molecular formula is C18H17ClN2O2. The number of carbonyl (C=O) groups is 1. The molecule has 0 radical (unpaired) electrons. The molecule has 3 rings (SSSR count). The van der Waals surface area contributed by atoms with E-state index in [1.54, 1.807) is 12.1 Å². The molecule has 23 heavy (non-hydrogen) atoms. The van der Waals surface area contributed by atoms with E-state index < -0.39 is 6.10 Å². The van der Waals surface area contributed by atoms with E-state index in [2.05, 4.69) is 6.07 Å². The zero-order valence-corrected chi connectivity index (χ0v) is 13.8. The Kier molecular flexibility index (Phi) is 3.69. The third kappa shape index (κ3) is 2.62. The normalized spacial score (nSPS) is 23.2. The summed E-state index contributed by atoms with van der Waals surface area (Å²) in [5.74, 6) is 0.492. The molecule has 118 valence electrons. The second kappa shape index (κ2) is 5.43. The fraction of sp³-hybridized carbons (Fsp3) is 0.333. The lowest BCUT2D eigenvalue weighted by Gasteiger charge is -2.37. The highest BCUT2D eigenvalue weighted by Crippen LogP contribution is 2.46. The van der Waals surface area contributed by atoms with Crippen molar-refractivity contribution in [1.29, 1.82) is 5.26 Å². The minimum absolute atomic E-state index is 0.0703. The van der Waals surface area contributed by atoms with Crippen LogP contribution in [0, 0.1) is 16.7 Å². The van der Waals surface area contributed by atoms with E-state index in [0.717, 1.165) is 0 Å². The second-order valence-electron chi connectivity index (χ2n) is 6.70. The molecule has 0 fully saturated rings. The molecule has 0 bridgehead atoms. The molecule has 1 aromatic rings. The van der Waals surface area contributed by atoms with Crippen LogP contribution in [0.5, 0.6) is 0 Å². The Hall–Kier alpha value is -2.25. The summed E-state index contributed by atoms with van der Waals surface area (Å²) >= 11 is 6.25. The second-order valence-corrected chi connectivity index (χ2v) is 7.10. The first-order valence-corrected chi connectivity index (χ1v) is 7.79. The maximum atomic E-state index is 12.4. The standard InChI is InChI=1S/C18H17ClN2O2/c1-18(2)7-13(22)15-14(8-18)23-17(11(9-20)16(15)21)10-5-3-4-6-12(10)19/h3-6,17H,7-8,21H2,1-2H3. The summed E-state index contributed by atoms with van der Waals surface area (Å²) in [4.78, 5) is 12.4. The van der Waals surface area contributed by atoms with Crippen molar-refractivity contribution >= 4 is 17.4 Å². The van der Waals surface area contributed by atoms with Crippen LogP contribution in [-0.2, 0) is 9.53 Å². The smallest absolute Gasteiger partial charge is 0.168 e. The van der Waals surface area contributed by atoms with Gasteiger partial charge in [0.1, 0.15) is 11.8 Å². The Morgan fingerprint density at radius 2 is 2.04 bits per heavy atom. The van der Waals surface area contributed by atoms with Crippen LogP contribution in [0.1, 0.15) is 38.4 Å². The largest absolute Gasteiger partial charge is 0.484 e. The van der Waals surface area contributed by atoms with Gasteiger partial charge >= 0.3 is 0 Å². The van der Waals surface area contributed by atoms with Crippen molar-refractivity contribution in [3.8, 4) is 6.07 Å². The monoisotopic (exact) mass is 328 g/mol. The first-order chi connectivity index (χ1) is 10.8. The van der Waals surface area contributed by atoms with Gasteiger partial charge in [0.15, 0.2) is 11.9 Å². The number of carbonyl (C=O) groups excluding carboxylic acids is 1. The third-order valence-corrected chi connectivity index (χ3v) is 4.57. The van der Waals surface area contributed by atoms with E-state index in [9.17, 15) is 10.1 Å². The van der Waals surface area contributed by atoms with Crippen molar-refractivity contribution in [2.45, 2.75) is 32.8 Å². The van der Waals surface area contributed by atoms with Crippen molar-refractivity contribution in [2.24, 2.45) is 11.1 Å². The van der Waals surface area contributed by atoms with Gasteiger partial charge in [0, 0.05) is 23.4 Å². The van der Waals surface area contributed by atoms with Crippen LogP contribution >= 0.6 is 11.6 Å². The summed E-state index contributed by atoms with van der Waals surface area (Å²) < 4.78 is 6.05. The molecule has 0 saturated carbocycles. The highest BCUT2D eigenvalue weighted by molar-refractivity contribution is 6.31. The summed E-state index contributed by atoms with van der Waals surface area (Å²) in [5, 5.41) is 10.0. The Balaban J connectivity index is 2.14. The van der Waals surface area contributed by atoms with E-state index in [1.165, 1.54) is 0 Å². The number of nitrogens with two attached hydrogens (primary N) is 1. The van der Waals surface area contributed by atoms with Gasteiger partial charge in [-0.3, -0.25) is 4.79 Å². The average molecular weight is 329 g/mol. The molecule has 1 heterocycles. The number of ether oxygens (including phenoxy) is 1. The topological polar surface area (TPSA) is 76.1 Å². The molecule has 2 N–H and O–H groups in total. The van der Waals surface area contributed by atoms with Gasteiger partial charge in [-0.15, -0.1) is 0 Å². The van der Waals surface area contributed by atoms with Gasteiger partial charge in [-0.1, -0.05) is 43.6 Å². The molecule has 1 aromatic carbocycles. The van der Waals surface area contributed by atoms with Crippen LogP contribution in [-0.4, -0.2) is 5.78 Å². The highest BCUT2D eigenvalue weighted by Gasteiger charge is 2.41. The lowest BCUT2D eigenvalue weighted by Crippen LogP contribution is -2.33. The quantitative estimate of drug-likeness (QED) is 0.850. The number of nitrogens with zero attached hydrogens (tertiary/aromatic N) is 1. The van der Waals surface area contributed by atoms with Crippen LogP contribution in [0.15, 0.2) is 46.9 Å². The average Bonchev–Trinajstić information content (AvgIpc) is 2.45. The SMILES string of the molecule is CC1(C)CC(=O)C2=C(C1)OC(c1ccccc1Cl)C(C#N)=C2N. The summed E-state index contributed by atoms with van der Waals surface area (Å²) in [6.07, 6.45) is 0.328. The van der Waals surface area contributed by atoms with E-state index >= 15 is 0 Å². The van der Waals surface area contributed by atoms with Crippen molar-refractivity contribution in [1.82, 2.24) is 0 Å². The number of ketones is 1. The van der Waals surface area contributed by atoms with Crippen LogP contribution in [0.3, 0.4) is 0 Å². The summed E-state index contributed by atoms with van der Waals surface area (Å²) in [5.41, 5.74) is 7.47. The zero-order valence-electron chi connectivity index (χ0n) is 13.0. The molecule has 1 aliphatic carbocycles. The number of nitriles is 1. The van der Waals surface area contributed by atoms with Gasteiger partial charge in [-0.25, -0.2) is 0 Å². The summed E-state index contributed by atoms with van der Waals surface area (Å²) in [7, 11) is 0. The molecule has 0 spiro atoms. The van der Waals surface area contributed by atoms with Crippen molar-refractivity contribution in [3.63, 3.8) is 0 Å². The van der Waals surface area contributed by atoms with Crippen molar-refractivity contribution < 1.29 is 9.53 Å². The maximum absolute atomic E-state index is 12.4. The number of allylic oxidation sites excluding steroid dienone is 2. The molecule has 0 saturated heterocycles. The molecule has 4 nitrogen and oxygen atoms in total. The molecule has 0 aromatic heterocycles. The molecule has 5 heteroatoms. The van der Waals surface area contributed by atoms with Crippen LogP contribution in [0.4, 0.5) is 0 Å². The maximum Gasteiger partial charge on any atom is 0.168 e. The Morgan fingerprint density at radius 1 is 1.35 bits per heavy atom. The minimum Gasteiger partial charge on any atom is -0.484 e. The number of hydrogen-bond acceptors (Lipinski definition) is 4. The number of halogens is 1. The number of benzene rings is 1. The van der Waals surface area contributed by atoms with Gasteiger partial charge < -0.3 is 10.5 Å². The molecule has 0 amide bonds. The van der Waals surface area contributed by atoms with Gasteiger partial charge in [-0.05, 0) is 11.5 Å². The molecule has 1 unspecified atom stereocenters. The molecular weight excluding hydrogens is 312 g/mol. The Bertz CT molecular complexity index is 799. The zero-order chi connectivity index (χ0) is 16.8. The van der Waals surface area contributed by atoms with Gasteiger partial charge in [0.2, 0.25) is 0 Å². The minimum atomic E-state index is -0.672. The lowest BCUT2D eigenvalue weighted by atomic mass is 9.74. The van der Waals surface area contributed by atoms with Crippen LogP contribution in [0.2, 0.25) is 5.02 Å². The summed E-state index contributed by atoms with van der Waals surface area (Å²) in [6.45, 7) is 4.03. The number of Topliss-reactive ketones (excluding diaryl/α,β-unsaturated/α-hetero) is 1. The third-order valence-electron chi connectivity index (χ3n) is 4.23. The molecule has 1 atom stereocenters. The number of hydrogen-bond donors (Lipinski definition) is 1. The molecule has 2 aliphatic rings. The predicted molar refractivity (Wildman–Crippen MR) is 87.2 cm³/mol. The van der Waals surface area contributed by atoms with E-state index in [1.807, 2.05) is 26.0 Å². The van der Waals surface area contributed by atoms with E-state index in [4.69, 9.17) is 22.1 Å². The predicted octanol–water partition coefficient (Wildman–Crippen LogP) is 3.79. The molecule has 1 aliphatic heterocycles. The Labute approximate surface area is 140 Å². The van der Waals surface area contributed by atoms with Gasteiger partial charge in [0.25, 0.3) is 0 Å². The first-order valence-electron chi connectivity index (χ1n) is 7.41. The van der Waals surface area contributed by atoms with Crippen LogP contribution < -0.4 is 5.73 Å². The number of rotatable bonds is 1. The fourth-order valence-electron chi connectivity index (χ4n) is 3.17. The lowest BCUT2D eigenvalue weighted by molar-refractivity contribution is -0.118. The Morgan fingerprint density at radius 3 is 2.70 bits per heavy atom. The van der Waals surface area contributed by atoms with Crippen molar-refractivity contribution in [3.05, 3.63) is 57.5 Å².